The molecule has 1 heterocycles. The summed E-state index contributed by atoms with van der Waals surface area (Å²) >= 11 is 0. The van der Waals surface area contributed by atoms with Gasteiger partial charge in [0, 0.05) is 22.3 Å². The number of halogens is 2. The third-order valence-corrected chi connectivity index (χ3v) is 3.25. The van der Waals surface area contributed by atoms with Gasteiger partial charge in [-0.25, -0.2) is 8.42 Å². The number of rotatable bonds is 1. The molecule has 2 rings (SSSR count). The van der Waals surface area contributed by atoms with Gasteiger partial charge in [-0.1, -0.05) is 18.2 Å². The minimum atomic E-state index is -3.70. The molecule has 0 saturated heterocycles. The van der Waals surface area contributed by atoms with E-state index in [-0.39, 0.29) is 17.3 Å². The van der Waals surface area contributed by atoms with Crippen molar-refractivity contribution >= 4 is 43.0 Å². The van der Waals surface area contributed by atoms with E-state index in [1.54, 1.807) is 24.3 Å². The van der Waals surface area contributed by atoms with Gasteiger partial charge in [0.25, 0.3) is 9.05 Å². The summed E-state index contributed by atoms with van der Waals surface area (Å²) in [6, 6.07) is 8.35. The van der Waals surface area contributed by atoms with Crippen molar-refractivity contribution in [1.29, 1.82) is 0 Å². The number of benzene rings is 1. The molecular weight excluding hydrogens is 257 g/mol. The normalized spacial score (nSPS) is 11.0. The van der Waals surface area contributed by atoms with E-state index in [4.69, 9.17) is 10.7 Å². The Kier molecular flexibility index (Phi) is 3.54. The van der Waals surface area contributed by atoms with Gasteiger partial charge in [0.05, 0.1) is 10.4 Å². The summed E-state index contributed by atoms with van der Waals surface area (Å²) < 4.78 is 22.4. The monoisotopic (exact) mass is 263 g/mol. The first-order valence-electron chi connectivity index (χ1n) is 3.87. The Labute approximate surface area is 97.9 Å². The zero-order valence-corrected chi connectivity index (χ0v) is 9.81. The molecule has 1 aromatic carbocycles. The van der Waals surface area contributed by atoms with Gasteiger partial charge in [0.2, 0.25) is 0 Å². The first-order valence-corrected chi connectivity index (χ1v) is 6.18. The molecule has 0 unspecified atom stereocenters. The topological polar surface area (TPSA) is 47.0 Å². The molecular formula is C9H7Cl2NO2S. The fourth-order valence-corrected chi connectivity index (χ4v) is 2.34. The fraction of sp³-hybridized carbons (Fsp3) is 0. The Balaban J connectivity index is 0.00000112. The number of aromatic nitrogens is 1. The minimum absolute atomic E-state index is 0. The van der Waals surface area contributed by atoms with Crippen molar-refractivity contribution in [3.63, 3.8) is 0 Å². The van der Waals surface area contributed by atoms with Gasteiger partial charge in [0.15, 0.2) is 0 Å². The molecule has 0 aliphatic rings. The second kappa shape index (κ2) is 4.35. The Morgan fingerprint density at radius 3 is 2.47 bits per heavy atom. The van der Waals surface area contributed by atoms with Crippen molar-refractivity contribution in [3.8, 4) is 0 Å². The highest BCUT2D eigenvalue weighted by molar-refractivity contribution is 8.14. The highest BCUT2D eigenvalue weighted by Crippen LogP contribution is 2.23. The molecule has 0 radical (unpaired) electrons. The third kappa shape index (κ3) is 2.40. The van der Waals surface area contributed by atoms with Gasteiger partial charge >= 0.3 is 0 Å². The maximum absolute atomic E-state index is 11.2. The van der Waals surface area contributed by atoms with Crippen molar-refractivity contribution in [2.24, 2.45) is 0 Å². The molecule has 15 heavy (non-hydrogen) atoms. The van der Waals surface area contributed by atoms with Crippen molar-refractivity contribution in [2.75, 3.05) is 0 Å². The van der Waals surface area contributed by atoms with Gasteiger partial charge in [-0.05, 0) is 12.1 Å². The van der Waals surface area contributed by atoms with E-state index in [0.717, 1.165) is 0 Å². The van der Waals surface area contributed by atoms with Gasteiger partial charge in [-0.15, -0.1) is 12.4 Å². The van der Waals surface area contributed by atoms with Crippen LogP contribution in [0.2, 0.25) is 0 Å². The number of pyridine rings is 1. The van der Waals surface area contributed by atoms with Gasteiger partial charge in [-0.2, -0.15) is 0 Å². The SMILES string of the molecule is Cl.O=S(=O)(Cl)c1ccnc2ccccc12. The van der Waals surface area contributed by atoms with Crippen LogP contribution in [0.5, 0.6) is 0 Å². The molecule has 0 saturated carbocycles. The van der Waals surface area contributed by atoms with Crippen LogP contribution < -0.4 is 0 Å². The zero-order chi connectivity index (χ0) is 10.2. The van der Waals surface area contributed by atoms with Crippen molar-refractivity contribution in [3.05, 3.63) is 36.5 Å². The van der Waals surface area contributed by atoms with E-state index in [1.165, 1.54) is 12.3 Å². The van der Waals surface area contributed by atoms with E-state index in [9.17, 15) is 8.42 Å². The lowest BCUT2D eigenvalue weighted by Crippen LogP contribution is -1.92. The Bertz CT molecular complexity index is 578. The average molecular weight is 264 g/mol. The highest BCUT2D eigenvalue weighted by Gasteiger charge is 2.13. The summed E-state index contributed by atoms with van der Waals surface area (Å²) in [4.78, 5) is 4.13. The maximum atomic E-state index is 11.2. The highest BCUT2D eigenvalue weighted by atomic mass is 35.7. The van der Waals surface area contributed by atoms with Crippen LogP contribution in [-0.2, 0) is 9.05 Å². The van der Waals surface area contributed by atoms with E-state index in [2.05, 4.69) is 4.98 Å². The van der Waals surface area contributed by atoms with Crippen LogP contribution in [-0.4, -0.2) is 13.4 Å². The van der Waals surface area contributed by atoms with Crippen LogP contribution >= 0.6 is 23.1 Å². The smallest absolute Gasteiger partial charge is 0.256 e. The second-order valence-electron chi connectivity index (χ2n) is 2.76. The maximum Gasteiger partial charge on any atom is 0.262 e. The van der Waals surface area contributed by atoms with Crippen LogP contribution in [0.3, 0.4) is 0 Å². The summed E-state index contributed by atoms with van der Waals surface area (Å²) in [7, 11) is 1.58. The van der Waals surface area contributed by atoms with E-state index < -0.39 is 9.05 Å². The molecule has 1 aromatic heterocycles. The Hall–Kier alpha value is -0.840. The van der Waals surface area contributed by atoms with Crippen LogP contribution in [0.4, 0.5) is 0 Å². The number of hydrogen-bond donors (Lipinski definition) is 0. The molecule has 0 fully saturated rings. The average Bonchev–Trinajstić information content (AvgIpc) is 2.15. The van der Waals surface area contributed by atoms with Gasteiger partial charge in [-0.3, -0.25) is 4.98 Å². The Morgan fingerprint density at radius 1 is 1.13 bits per heavy atom. The lowest BCUT2D eigenvalue weighted by molar-refractivity contribution is 0.610. The standard InChI is InChI=1S/C9H6ClNO2S.ClH/c10-14(12,13)9-5-6-11-8-4-2-1-3-7(8)9;/h1-6H;1H. The predicted octanol–water partition coefficient (Wildman–Crippen LogP) is 2.58. The predicted molar refractivity (Wildman–Crippen MR) is 62.0 cm³/mol. The van der Waals surface area contributed by atoms with Crippen molar-refractivity contribution < 1.29 is 8.42 Å². The minimum Gasteiger partial charge on any atom is -0.256 e. The summed E-state index contributed by atoms with van der Waals surface area (Å²) in [6.45, 7) is 0. The quantitative estimate of drug-likeness (QED) is 0.744. The first-order chi connectivity index (χ1) is 6.59. The van der Waals surface area contributed by atoms with Crippen LogP contribution in [0.1, 0.15) is 0 Å². The second-order valence-corrected chi connectivity index (χ2v) is 5.30. The molecule has 0 N–H and O–H groups in total. The largest absolute Gasteiger partial charge is 0.262 e. The molecule has 80 valence electrons. The first kappa shape index (κ1) is 12.2. The molecule has 6 heteroatoms. The number of fused-ring (bicyclic) bond motifs is 1. The number of nitrogens with zero attached hydrogens (tertiary/aromatic N) is 1. The molecule has 0 bridgehead atoms. The molecule has 3 nitrogen and oxygen atoms in total. The van der Waals surface area contributed by atoms with E-state index in [0.29, 0.717) is 10.9 Å². The Morgan fingerprint density at radius 2 is 1.80 bits per heavy atom. The fourth-order valence-electron chi connectivity index (χ4n) is 1.28. The lowest BCUT2D eigenvalue weighted by atomic mass is 10.2. The van der Waals surface area contributed by atoms with Gasteiger partial charge < -0.3 is 0 Å². The molecule has 0 spiro atoms. The molecule has 0 aliphatic carbocycles. The van der Waals surface area contributed by atoms with Crippen LogP contribution in [0, 0.1) is 0 Å². The van der Waals surface area contributed by atoms with Gasteiger partial charge in [0.1, 0.15) is 0 Å². The zero-order valence-electron chi connectivity index (χ0n) is 7.42. The van der Waals surface area contributed by atoms with Crippen molar-refractivity contribution in [2.45, 2.75) is 4.90 Å². The van der Waals surface area contributed by atoms with Crippen molar-refractivity contribution in [1.82, 2.24) is 4.98 Å². The summed E-state index contributed by atoms with van der Waals surface area (Å²) in [5.74, 6) is 0. The molecule has 0 atom stereocenters. The summed E-state index contributed by atoms with van der Waals surface area (Å²) in [5, 5.41) is 0.546. The van der Waals surface area contributed by atoms with E-state index in [1.807, 2.05) is 0 Å². The summed E-state index contributed by atoms with van der Waals surface area (Å²) in [5.41, 5.74) is 0.620. The number of para-hydroxylation sites is 1. The number of hydrogen-bond acceptors (Lipinski definition) is 3. The van der Waals surface area contributed by atoms with Crippen LogP contribution in [0.25, 0.3) is 10.9 Å². The summed E-state index contributed by atoms with van der Waals surface area (Å²) in [6.07, 6.45) is 1.43. The third-order valence-electron chi connectivity index (χ3n) is 1.87. The van der Waals surface area contributed by atoms with E-state index >= 15 is 0 Å². The molecule has 0 aliphatic heterocycles. The lowest BCUT2D eigenvalue weighted by Gasteiger charge is -2.00. The van der Waals surface area contributed by atoms with Crippen LogP contribution in [0.15, 0.2) is 41.4 Å². The molecule has 2 aromatic rings. The molecule has 0 amide bonds.